The van der Waals surface area contributed by atoms with Crippen LogP contribution in [-0.4, -0.2) is 23.1 Å². The highest BCUT2D eigenvalue weighted by atomic mass is 32.2. The molecule has 0 bridgehead atoms. The lowest BCUT2D eigenvalue weighted by atomic mass is 10.1. The van der Waals surface area contributed by atoms with Gasteiger partial charge in [0.2, 0.25) is 21.7 Å². The first-order valence-corrected chi connectivity index (χ1v) is 11.6. The van der Waals surface area contributed by atoms with E-state index in [0.717, 1.165) is 28.0 Å². The molecular weight excluding hydrogens is 424 g/mol. The van der Waals surface area contributed by atoms with Crippen LogP contribution in [-0.2, 0) is 16.6 Å². The number of aryl methyl sites for hydroxylation is 1. The Morgan fingerprint density at radius 3 is 2.70 bits per heavy atom. The molecular formula is C20H20N4O4S2. The minimum atomic E-state index is -3.82. The first kappa shape index (κ1) is 20.5. The molecule has 2 heterocycles. The van der Waals surface area contributed by atoms with Crippen LogP contribution in [0, 0.1) is 6.92 Å². The molecule has 0 saturated carbocycles. The summed E-state index contributed by atoms with van der Waals surface area (Å²) in [5, 5.41) is 3.93. The van der Waals surface area contributed by atoms with Crippen LogP contribution in [0.2, 0.25) is 0 Å². The standard InChI is InChI=1S/C20H20N4O4S2/c1-12(2)24-16-9-8-14(10-17(16)29-20(24)25)30(26,27)21-11-18-22-19(23-28-18)15-7-5-4-6-13(15)3/h4-10,12,21H,11H2,1-3H3. The molecule has 0 fully saturated rings. The van der Waals surface area contributed by atoms with Crippen molar-refractivity contribution in [3.8, 4) is 11.4 Å². The van der Waals surface area contributed by atoms with Gasteiger partial charge in [0.05, 0.1) is 21.7 Å². The van der Waals surface area contributed by atoms with E-state index < -0.39 is 10.0 Å². The van der Waals surface area contributed by atoms with Gasteiger partial charge in [-0.05, 0) is 44.5 Å². The van der Waals surface area contributed by atoms with E-state index in [0.29, 0.717) is 10.5 Å². The van der Waals surface area contributed by atoms with E-state index in [-0.39, 0.29) is 28.2 Å². The van der Waals surface area contributed by atoms with E-state index in [2.05, 4.69) is 14.9 Å². The molecule has 4 rings (SSSR count). The predicted octanol–water partition coefficient (Wildman–Crippen LogP) is 3.48. The summed E-state index contributed by atoms with van der Waals surface area (Å²) in [7, 11) is -3.82. The van der Waals surface area contributed by atoms with Crippen molar-refractivity contribution in [3.05, 3.63) is 63.6 Å². The summed E-state index contributed by atoms with van der Waals surface area (Å²) < 4.78 is 35.4. The summed E-state index contributed by atoms with van der Waals surface area (Å²) in [6.45, 7) is 5.62. The van der Waals surface area contributed by atoms with Gasteiger partial charge >= 0.3 is 4.87 Å². The van der Waals surface area contributed by atoms with E-state index in [1.165, 1.54) is 12.1 Å². The van der Waals surface area contributed by atoms with Crippen LogP contribution in [0.5, 0.6) is 0 Å². The van der Waals surface area contributed by atoms with Crippen LogP contribution in [0.15, 0.2) is 56.7 Å². The zero-order valence-electron chi connectivity index (χ0n) is 16.6. The largest absolute Gasteiger partial charge is 0.338 e. The number of fused-ring (bicyclic) bond motifs is 1. The second-order valence-corrected chi connectivity index (χ2v) is 9.87. The van der Waals surface area contributed by atoms with Crippen molar-refractivity contribution in [3.63, 3.8) is 0 Å². The summed E-state index contributed by atoms with van der Waals surface area (Å²) >= 11 is 1.03. The molecule has 156 valence electrons. The molecule has 0 radical (unpaired) electrons. The van der Waals surface area contributed by atoms with Gasteiger partial charge < -0.3 is 4.52 Å². The minimum Gasteiger partial charge on any atom is -0.338 e. The molecule has 8 nitrogen and oxygen atoms in total. The molecule has 0 saturated heterocycles. The van der Waals surface area contributed by atoms with Crippen LogP contribution in [0.1, 0.15) is 31.3 Å². The number of aromatic nitrogens is 3. The summed E-state index contributed by atoms with van der Waals surface area (Å²) in [4.78, 5) is 16.4. The fraction of sp³-hybridized carbons (Fsp3) is 0.250. The van der Waals surface area contributed by atoms with Crippen molar-refractivity contribution in [1.82, 2.24) is 19.4 Å². The third-order valence-corrected chi connectivity index (χ3v) is 7.00. The SMILES string of the molecule is Cc1ccccc1-c1noc(CNS(=O)(=O)c2ccc3c(c2)sc(=O)n3C(C)C)n1. The number of thiazole rings is 1. The first-order valence-electron chi connectivity index (χ1n) is 9.29. The van der Waals surface area contributed by atoms with Gasteiger partial charge in [-0.25, -0.2) is 13.1 Å². The number of nitrogens with one attached hydrogen (secondary N) is 1. The van der Waals surface area contributed by atoms with E-state index in [1.807, 2.05) is 45.0 Å². The van der Waals surface area contributed by atoms with Crippen molar-refractivity contribution >= 4 is 31.6 Å². The Hall–Kier alpha value is -2.82. The van der Waals surface area contributed by atoms with Gasteiger partial charge in [-0.3, -0.25) is 9.36 Å². The zero-order valence-corrected chi connectivity index (χ0v) is 18.3. The maximum atomic E-state index is 12.7. The lowest BCUT2D eigenvalue weighted by molar-refractivity contribution is 0.376. The fourth-order valence-electron chi connectivity index (χ4n) is 3.17. The second kappa shape index (κ2) is 7.78. The topological polar surface area (TPSA) is 107 Å². The molecule has 0 unspecified atom stereocenters. The lowest BCUT2D eigenvalue weighted by Crippen LogP contribution is -2.23. The number of rotatable bonds is 6. The summed E-state index contributed by atoms with van der Waals surface area (Å²) in [5.74, 6) is 0.567. The molecule has 4 aromatic rings. The average molecular weight is 445 g/mol. The Morgan fingerprint density at radius 2 is 1.97 bits per heavy atom. The highest BCUT2D eigenvalue weighted by molar-refractivity contribution is 7.89. The molecule has 2 aromatic carbocycles. The molecule has 1 N–H and O–H groups in total. The molecule has 0 aliphatic carbocycles. The Morgan fingerprint density at radius 1 is 1.20 bits per heavy atom. The highest BCUT2D eigenvalue weighted by Gasteiger charge is 2.19. The van der Waals surface area contributed by atoms with Gasteiger partial charge in [0.15, 0.2) is 0 Å². The Labute approximate surface area is 177 Å². The monoisotopic (exact) mass is 444 g/mol. The molecule has 30 heavy (non-hydrogen) atoms. The van der Waals surface area contributed by atoms with Crippen LogP contribution in [0.3, 0.4) is 0 Å². The normalized spacial score (nSPS) is 12.1. The number of hydrogen-bond acceptors (Lipinski definition) is 7. The van der Waals surface area contributed by atoms with Crippen molar-refractivity contribution in [2.45, 2.75) is 38.3 Å². The van der Waals surface area contributed by atoms with Crippen LogP contribution in [0.25, 0.3) is 21.6 Å². The van der Waals surface area contributed by atoms with Crippen LogP contribution in [0.4, 0.5) is 0 Å². The van der Waals surface area contributed by atoms with Crippen molar-refractivity contribution in [2.24, 2.45) is 0 Å². The van der Waals surface area contributed by atoms with E-state index in [1.54, 1.807) is 10.6 Å². The summed E-state index contributed by atoms with van der Waals surface area (Å²) in [6.07, 6.45) is 0. The van der Waals surface area contributed by atoms with E-state index in [9.17, 15) is 13.2 Å². The van der Waals surface area contributed by atoms with Gasteiger partial charge in [0, 0.05) is 11.6 Å². The molecule has 0 spiro atoms. The summed E-state index contributed by atoms with van der Waals surface area (Å²) in [6, 6.07) is 12.2. The fourth-order valence-corrected chi connectivity index (χ4v) is 5.30. The van der Waals surface area contributed by atoms with Crippen LogP contribution >= 0.6 is 11.3 Å². The van der Waals surface area contributed by atoms with Crippen LogP contribution < -0.4 is 9.60 Å². The molecule has 0 aliphatic rings. The maximum Gasteiger partial charge on any atom is 0.308 e. The van der Waals surface area contributed by atoms with E-state index >= 15 is 0 Å². The lowest BCUT2D eigenvalue weighted by Gasteiger charge is -2.08. The Kier molecular flexibility index (Phi) is 5.31. The van der Waals surface area contributed by atoms with Crippen molar-refractivity contribution in [2.75, 3.05) is 0 Å². The quantitative estimate of drug-likeness (QED) is 0.488. The third-order valence-electron chi connectivity index (χ3n) is 4.68. The van der Waals surface area contributed by atoms with Gasteiger partial charge in [-0.2, -0.15) is 4.98 Å². The smallest absolute Gasteiger partial charge is 0.308 e. The Bertz CT molecular complexity index is 1380. The number of nitrogens with zero attached hydrogens (tertiary/aromatic N) is 3. The van der Waals surface area contributed by atoms with Gasteiger partial charge in [0.1, 0.15) is 0 Å². The predicted molar refractivity (Wildman–Crippen MR) is 115 cm³/mol. The Balaban J connectivity index is 1.55. The molecule has 2 aromatic heterocycles. The van der Waals surface area contributed by atoms with Gasteiger partial charge in [-0.15, -0.1) is 0 Å². The average Bonchev–Trinajstić information content (AvgIpc) is 3.29. The van der Waals surface area contributed by atoms with Crippen molar-refractivity contribution in [1.29, 1.82) is 0 Å². The number of benzene rings is 2. The third kappa shape index (κ3) is 3.81. The molecule has 0 atom stereocenters. The second-order valence-electron chi connectivity index (χ2n) is 7.11. The summed E-state index contributed by atoms with van der Waals surface area (Å²) in [5.41, 5.74) is 2.54. The highest BCUT2D eigenvalue weighted by Crippen LogP contribution is 2.24. The van der Waals surface area contributed by atoms with Crippen molar-refractivity contribution < 1.29 is 12.9 Å². The zero-order chi connectivity index (χ0) is 21.5. The maximum absolute atomic E-state index is 12.7. The van der Waals surface area contributed by atoms with Gasteiger partial charge in [0.25, 0.3) is 0 Å². The first-order chi connectivity index (χ1) is 14.3. The molecule has 0 aliphatic heterocycles. The number of sulfonamides is 1. The minimum absolute atomic E-state index is 0.00759. The van der Waals surface area contributed by atoms with Gasteiger partial charge in [-0.1, -0.05) is 40.8 Å². The molecule has 10 heteroatoms. The van der Waals surface area contributed by atoms with E-state index in [4.69, 9.17) is 4.52 Å². The number of hydrogen-bond donors (Lipinski definition) is 1. The molecule has 0 amide bonds.